The molecule has 1 N–H and O–H groups in total. The van der Waals surface area contributed by atoms with Crippen molar-refractivity contribution in [2.75, 3.05) is 7.05 Å². The normalized spacial score (nSPS) is 12.6. The molecule has 2 rings (SSSR count). The molecule has 1 unspecified atom stereocenters. The first-order valence-corrected chi connectivity index (χ1v) is 6.47. The Morgan fingerprint density at radius 2 is 2.28 bits per heavy atom. The maximum absolute atomic E-state index is 6.03. The summed E-state index contributed by atoms with van der Waals surface area (Å²) in [5.41, 5.74) is 1.22. The maximum Gasteiger partial charge on any atom is 0.108 e. The van der Waals surface area contributed by atoms with Gasteiger partial charge in [0.15, 0.2) is 0 Å². The Bertz CT molecular complexity index is 507. The number of nitrogens with one attached hydrogen (secondary N) is 1. The zero-order valence-electron chi connectivity index (χ0n) is 10.7. The Labute approximate surface area is 113 Å². The van der Waals surface area contributed by atoms with Crippen molar-refractivity contribution in [3.63, 3.8) is 0 Å². The number of imidazole rings is 1. The first kappa shape index (κ1) is 13.1. The lowest BCUT2D eigenvalue weighted by Crippen LogP contribution is -2.17. The molecule has 0 aliphatic rings. The van der Waals surface area contributed by atoms with E-state index in [-0.39, 0.29) is 0 Å². The van der Waals surface area contributed by atoms with Gasteiger partial charge in [-0.15, -0.1) is 0 Å². The molecule has 0 saturated carbocycles. The van der Waals surface area contributed by atoms with Crippen LogP contribution < -0.4 is 5.32 Å². The van der Waals surface area contributed by atoms with E-state index in [1.54, 1.807) is 0 Å². The van der Waals surface area contributed by atoms with Crippen LogP contribution in [0.15, 0.2) is 36.7 Å². The quantitative estimate of drug-likeness (QED) is 0.899. The molecule has 4 heteroatoms. The predicted molar refractivity (Wildman–Crippen MR) is 74.8 cm³/mol. The van der Waals surface area contributed by atoms with Crippen LogP contribution in [0, 0.1) is 0 Å². The fraction of sp³-hybridized carbons (Fsp3) is 0.357. The van der Waals surface area contributed by atoms with E-state index in [1.807, 2.05) is 44.7 Å². The van der Waals surface area contributed by atoms with Crippen LogP contribution >= 0.6 is 11.6 Å². The zero-order valence-corrected chi connectivity index (χ0v) is 11.5. The van der Waals surface area contributed by atoms with E-state index in [0.29, 0.717) is 6.04 Å². The van der Waals surface area contributed by atoms with Crippen molar-refractivity contribution in [1.29, 1.82) is 0 Å². The summed E-state index contributed by atoms with van der Waals surface area (Å²) in [5.74, 6) is 1.11. The third kappa shape index (κ3) is 3.12. The van der Waals surface area contributed by atoms with E-state index in [2.05, 4.69) is 20.9 Å². The Morgan fingerprint density at radius 3 is 2.89 bits per heavy atom. The summed E-state index contributed by atoms with van der Waals surface area (Å²) in [6, 6.07) is 8.31. The van der Waals surface area contributed by atoms with E-state index in [1.165, 1.54) is 5.56 Å². The molecule has 0 spiro atoms. The maximum atomic E-state index is 6.03. The molecule has 1 atom stereocenters. The van der Waals surface area contributed by atoms with Gasteiger partial charge in [0.25, 0.3) is 0 Å². The van der Waals surface area contributed by atoms with Crippen molar-refractivity contribution < 1.29 is 0 Å². The molecule has 0 aliphatic carbocycles. The third-order valence-electron chi connectivity index (χ3n) is 3.18. The minimum Gasteiger partial charge on any atom is -0.338 e. The smallest absolute Gasteiger partial charge is 0.108 e. The molecule has 0 fully saturated rings. The number of hydrogen-bond donors (Lipinski definition) is 1. The molecule has 96 valence electrons. The lowest BCUT2D eigenvalue weighted by Gasteiger charge is -2.16. The molecule has 0 saturated heterocycles. The van der Waals surface area contributed by atoms with Crippen LogP contribution in [0.2, 0.25) is 5.02 Å². The Hall–Kier alpha value is -1.32. The van der Waals surface area contributed by atoms with Crippen molar-refractivity contribution in [2.45, 2.75) is 18.9 Å². The van der Waals surface area contributed by atoms with E-state index >= 15 is 0 Å². The van der Waals surface area contributed by atoms with Crippen LogP contribution in [0.4, 0.5) is 0 Å². The lowest BCUT2D eigenvalue weighted by molar-refractivity contribution is 0.536. The van der Waals surface area contributed by atoms with Crippen LogP contribution in [0.3, 0.4) is 0 Å². The van der Waals surface area contributed by atoms with E-state index in [9.17, 15) is 0 Å². The first-order chi connectivity index (χ1) is 8.70. The average molecular weight is 264 g/mol. The van der Waals surface area contributed by atoms with Gasteiger partial charge in [0, 0.05) is 36.9 Å². The minimum atomic E-state index is 0.306. The molecule has 1 aromatic heterocycles. The van der Waals surface area contributed by atoms with Crippen molar-refractivity contribution in [1.82, 2.24) is 14.9 Å². The Kier molecular flexibility index (Phi) is 4.39. The highest BCUT2D eigenvalue weighted by Crippen LogP contribution is 2.21. The molecule has 3 nitrogen and oxygen atoms in total. The molecule has 0 radical (unpaired) electrons. The lowest BCUT2D eigenvalue weighted by atomic mass is 10.0. The number of hydrogen-bond acceptors (Lipinski definition) is 2. The Morgan fingerprint density at radius 1 is 1.44 bits per heavy atom. The van der Waals surface area contributed by atoms with Crippen molar-refractivity contribution >= 4 is 11.6 Å². The number of aryl methyl sites for hydroxylation is 2. The van der Waals surface area contributed by atoms with Crippen LogP contribution in [-0.4, -0.2) is 16.6 Å². The number of benzene rings is 1. The molecule has 0 aliphatic heterocycles. The Balaban J connectivity index is 2.04. The molecular formula is C14H18ClN3. The molecule has 0 bridgehead atoms. The molecular weight excluding hydrogens is 246 g/mol. The highest BCUT2D eigenvalue weighted by molar-refractivity contribution is 6.30. The summed E-state index contributed by atoms with van der Waals surface area (Å²) in [6.45, 7) is 0. The van der Waals surface area contributed by atoms with Gasteiger partial charge < -0.3 is 9.88 Å². The summed E-state index contributed by atoms with van der Waals surface area (Å²) < 4.78 is 2.06. The second-order valence-corrected chi connectivity index (χ2v) is 4.83. The summed E-state index contributed by atoms with van der Waals surface area (Å²) in [6.07, 6.45) is 5.76. The first-order valence-electron chi connectivity index (χ1n) is 6.09. The number of rotatable bonds is 5. The third-order valence-corrected chi connectivity index (χ3v) is 3.41. The van der Waals surface area contributed by atoms with Crippen molar-refractivity contribution in [3.05, 3.63) is 53.1 Å². The van der Waals surface area contributed by atoms with Crippen LogP contribution in [0.25, 0.3) is 0 Å². The highest BCUT2D eigenvalue weighted by Gasteiger charge is 2.11. The van der Waals surface area contributed by atoms with Gasteiger partial charge in [-0.2, -0.15) is 0 Å². The van der Waals surface area contributed by atoms with Crippen LogP contribution in [0.5, 0.6) is 0 Å². The van der Waals surface area contributed by atoms with Gasteiger partial charge in [0.1, 0.15) is 5.82 Å². The minimum absolute atomic E-state index is 0.306. The van der Waals surface area contributed by atoms with E-state index in [0.717, 1.165) is 23.7 Å². The van der Waals surface area contributed by atoms with Gasteiger partial charge in [0.2, 0.25) is 0 Å². The van der Waals surface area contributed by atoms with Gasteiger partial charge in [-0.05, 0) is 31.2 Å². The SMILES string of the molecule is CNC(CCc1nccn1C)c1cccc(Cl)c1. The van der Waals surface area contributed by atoms with Gasteiger partial charge in [-0.25, -0.2) is 4.98 Å². The predicted octanol–water partition coefficient (Wildman–Crippen LogP) is 2.97. The summed E-state index contributed by atoms with van der Waals surface area (Å²) >= 11 is 6.03. The molecule has 1 heterocycles. The van der Waals surface area contributed by atoms with Gasteiger partial charge in [-0.1, -0.05) is 23.7 Å². The topological polar surface area (TPSA) is 29.9 Å². The second kappa shape index (κ2) is 6.03. The summed E-state index contributed by atoms with van der Waals surface area (Å²) in [7, 11) is 4.00. The number of halogens is 1. The highest BCUT2D eigenvalue weighted by atomic mass is 35.5. The van der Waals surface area contributed by atoms with Gasteiger partial charge >= 0.3 is 0 Å². The van der Waals surface area contributed by atoms with E-state index < -0.39 is 0 Å². The van der Waals surface area contributed by atoms with Gasteiger partial charge in [0.05, 0.1) is 0 Å². The molecule has 0 amide bonds. The second-order valence-electron chi connectivity index (χ2n) is 4.39. The largest absolute Gasteiger partial charge is 0.338 e. The van der Waals surface area contributed by atoms with Crippen LogP contribution in [-0.2, 0) is 13.5 Å². The fourth-order valence-electron chi connectivity index (χ4n) is 2.11. The summed E-state index contributed by atoms with van der Waals surface area (Å²) in [5, 5.41) is 4.11. The molecule has 18 heavy (non-hydrogen) atoms. The van der Waals surface area contributed by atoms with Crippen LogP contribution in [0.1, 0.15) is 23.9 Å². The zero-order chi connectivity index (χ0) is 13.0. The molecule has 2 aromatic rings. The average Bonchev–Trinajstić information content (AvgIpc) is 2.76. The number of nitrogens with zero attached hydrogens (tertiary/aromatic N) is 2. The van der Waals surface area contributed by atoms with Gasteiger partial charge in [-0.3, -0.25) is 0 Å². The standard InChI is InChI=1S/C14H18ClN3/c1-16-13(11-4-3-5-12(15)10-11)6-7-14-17-8-9-18(14)2/h3-5,8-10,13,16H,6-7H2,1-2H3. The van der Waals surface area contributed by atoms with Crippen molar-refractivity contribution in [2.24, 2.45) is 7.05 Å². The van der Waals surface area contributed by atoms with Crippen molar-refractivity contribution in [3.8, 4) is 0 Å². The summed E-state index contributed by atoms with van der Waals surface area (Å²) in [4.78, 5) is 4.34. The molecule has 1 aromatic carbocycles. The number of aromatic nitrogens is 2. The van der Waals surface area contributed by atoms with E-state index in [4.69, 9.17) is 11.6 Å². The monoisotopic (exact) mass is 263 g/mol. The fourth-order valence-corrected chi connectivity index (χ4v) is 2.31.